The van der Waals surface area contributed by atoms with Crippen molar-refractivity contribution in [1.82, 2.24) is 4.90 Å². The molecule has 0 spiro atoms. The van der Waals surface area contributed by atoms with E-state index in [1.807, 2.05) is 6.07 Å². The zero-order chi connectivity index (χ0) is 11.7. The van der Waals surface area contributed by atoms with Gasteiger partial charge in [-0.05, 0) is 35.6 Å². The number of hydrogen-bond donors (Lipinski definition) is 1. The number of anilines is 1. The summed E-state index contributed by atoms with van der Waals surface area (Å²) < 4.78 is 0. The van der Waals surface area contributed by atoms with Gasteiger partial charge in [-0.25, -0.2) is 0 Å². The van der Waals surface area contributed by atoms with Crippen molar-refractivity contribution in [2.75, 3.05) is 5.73 Å². The molecule has 0 amide bonds. The molecule has 0 radical (unpaired) electrons. The number of fused-ring (bicyclic) bond motifs is 1. The van der Waals surface area contributed by atoms with Gasteiger partial charge in [0, 0.05) is 24.8 Å². The summed E-state index contributed by atoms with van der Waals surface area (Å²) in [4.78, 5) is 2.58. The van der Waals surface area contributed by atoms with Gasteiger partial charge in [-0.3, -0.25) is 4.90 Å². The van der Waals surface area contributed by atoms with Crippen molar-refractivity contribution in [1.29, 1.82) is 0 Å². The first-order chi connectivity index (χ1) is 7.61. The first-order valence-electron chi connectivity index (χ1n) is 6.23. The Morgan fingerprint density at radius 1 is 1.25 bits per heavy atom. The Morgan fingerprint density at radius 3 is 2.56 bits per heavy atom. The van der Waals surface area contributed by atoms with E-state index in [2.05, 4.69) is 37.8 Å². The van der Waals surface area contributed by atoms with Crippen LogP contribution in [0.15, 0.2) is 18.2 Å². The molecule has 1 aliphatic rings. The predicted octanol–water partition coefficient (Wildman–Crippen LogP) is 3.02. The zero-order valence-electron chi connectivity index (χ0n) is 10.5. The molecule has 2 N–H and O–H groups in total. The molecule has 2 heteroatoms. The summed E-state index contributed by atoms with van der Waals surface area (Å²) in [6, 6.07) is 7.01. The van der Waals surface area contributed by atoms with Gasteiger partial charge in [0.1, 0.15) is 0 Å². The van der Waals surface area contributed by atoms with Gasteiger partial charge in [0.05, 0.1) is 0 Å². The molecule has 1 unspecified atom stereocenters. The molecule has 0 aromatic heterocycles. The van der Waals surface area contributed by atoms with Crippen molar-refractivity contribution in [3.63, 3.8) is 0 Å². The van der Waals surface area contributed by atoms with E-state index in [1.54, 1.807) is 0 Å². The number of nitrogens with zero attached hydrogens (tertiary/aromatic N) is 1. The largest absolute Gasteiger partial charge is 0.399 e. The van der Waals surface area contributed by atoms with Crippen LogP contribution in [-0.2, 0) is 13.1 Å². The molecule has 0 aliphatic carbocycles. The highest BCUT2D eigenvalue weighted by molar-refractivity contribution is 5.46. The molecule has 1 heterocycles. The first-order valence-corrected chi connectivity index (χ1v) is 6.23. The molecule has 0 saturated heterocycles. The van der Waals surface area contributed by atoms with E-state index in [9.17, 15) is 0 Å². The van der Waals surface area contributed by atoms with E-state index < -0.39 is 0 Å². The Hall–Kier alpha value is -1.02. The van der Waals surface area contributed by atoms with Gasteiger partial charge in [-0.1, -0.05) is 26.8 Å². The molecule has 88 valence electrons. The summed E-state index contributed by atoms with van der Waals surface area (Å²) in [6.45, 7) is 9.06. The average molecular weight is 218 g/mol. The van der Waals surface area contributed by atoms with Crippen molar-refractivity contribution < 1.29 is 0 Å². The maximum atomic E-state index is 5.83. The molecular formula is C14H22N2. The van der Waals surface area contributed by atoms with Crippen molar-refractivity contribution in [2.24, 2.45) is 5.92 Å². The molecular weight excluding hydrogens is 196 g/mol. The summed E-state index contributed by atoms with van der Waals surface area (Å²) >= 11 is 0. The topological polar surface area (TPSA) is 29.3 Å². The average Bonchev–Trinajstić information content (AvgIpc) is 2.60. The Morgan fingerprint density at radius 2 is 1.94 bits per heavy atom. The Kier molecular flexibility index (Phi) is 3.20. The van der Waals surface area contributed by atoms with Crippen LogP contribution in [0.25, 0.3) is 0 Å². The maximum Gasteiger partial charge on any atom is 0.0317 e. The molecule has 0 fully saturated rings. The van der Waals surface area contributed by atoms with E-state index in [0.29, 0.717) is 6.04 Å². The highest BCUT2D eigenvalue weighted by Gasteiger charge is 2.26. The second-order valence-electron chi connectivity index (χ2n) is 5.15. The van der Waals surface area contributed by atoms with Crippen LogP contribution in [0.4, 0.5) is 5.69 Å². The third kappa shape index (κ3) is 2.07. The van der Waals surface area contributed by atoms with E-state index in [4.69, 9.17) is 5.73 Å². The van der Waals surface area contributed by atoms with Crippen LogP contribution >= 0.6 is 0 Å². The second kappa shape index (κ2) is 4.46. The molecule has 1 aromatic rings. The van der Waals surface area contributed by atoms with Crippen LogP contribution in [-0.4, -0.2) is 10.9 Å². The van der Waals surface area contributed by atoms with Crippen molar-refractivity contribution >= 4 is 5.69 Å². The molecule has 1 aromatic carbocycles. The maximum absolute atomic E-state index is 5.83. The lowest BCUT2D eigenvalue weighted by atomic mass is 10.0. The minimum atomic E-state index is 0.689. The molecule has 2 rings (SSSR count). The highest BCUT2D eigenvalue weighted by Crippen LogP contribution is 2.29. The molecule has 16 heavy (non-hydrogen) atoms. The van der Waals surface area contributed by atoms with E-state index >= 15 is 0 Å². The third-order valence-electron chi connectivity index (χ3n) is 3.63. The number of nitrogens with two attached hydrogens (primary N) is 1. The van der Waals surface area contributed by atoms with Crippen LogP contribution in [0.1, 0.15) is 38.3 Å². The minimum absolute atomic E-state index is 0.689. The molecule has 1 atom stereocenters. The fraction of sp³-hybridized carbons (Fsp3) is 0.571. The number of rotatable bonds is 3. The normalized spacial score (nSPS) is 17.8. The van der Waals surface area contributed by atoms with E-state index in [0.717, 1.165) is 24.7 Å². The molecule has 0 saturated carbocycles. The highest BCUT2D eigenvalue weighted by atomic mass is 15.2. The van der Waals surface area contributed by atoms with Crippen molar-refractivity contribution in [3.05, 3.63) is 29.3 Å². The van der Waals surface area contributed by atoms with Crippen molar-refractivity contribution in [3.8, 4) is 0 Å². The predicted molar refractivity (Wildman–Crippen MR) is 69.0 cm³/mol. The fourth-order valence-electron chi connectivity index (χ4n) is 2.83. The van der Waals surface area contributed by atoms with Gasteiger partial charge in [0.25, 0.3) is 0 Å². The fourth-order valence-corrected chi connectivity index (χ4v) is 2.83. The quantitative estimate of drug-likeness (QED) is 0.790. The minimum Gasteiger partial charge on any atom is -0.399 e. The van der Waals surface area contributed by atoms with Gasteiger partial charge in [-0.2, -0.15) is 0 Å². The molecule has 0 bridgehead atoms. The number of hydrogen-bond acceptors (Lipinski definition) is 2. The number of nitrogen functional groups attached to an aromatic ring is 1. The SMILES string of the molecule is CCC(C(C)C)N1Cc2ccc(N)cc2C1. The Balaban J connectivity index is 2.15. The lowest BCUT2D eigenvalue weighted by Crippen LogP contribution is -2.34. The van der Waals surface area contributed by atoms with Gasteiger partial charge < -0.3 is 5.73 Å². The van der Waals surface area contributed by atoms with Crippen LogP contribution in [0.5, 0.6) is 0 Å². The van der Waals surface area contributed by atoms with Crippen LogP contribution in [0, 0.1) is 5.92 Å². The van der Waals surface area contributed by atoms with Gasteiger partial charge in [-0.15, -0.1) is 0 Å². The van der Waals surface area contributed by atoms with E-state index in [-0.39, 0.29) is 0 Å². The summed E-state index contributed by atoms with van der Waals surface area (Å²) in [7, 11) is 0. The standard InChI is InChI=1S/C14H22N2/c1-4-14(10(2)3)16-8-11-5-6-13(15)7-12(11)9-16/h5-7,10,14H,4,8-9,15H2,1-3H3. The monoisotopic (exact) mass is 218 g/mol. The third-order valence-corrected chi connectivity index (χ3v) is 3.63. The summed E-state index contributed by atoms with van der Waals surface area (Å²) in [5, 5.41) is 0. The van der Waals surface area contributed by atoms with Crippen LogP contribution < -0.4 is 5.73 Å². The smallest absolute Gasteiger partial charge is 0.0317 e. The van der Waals surface area contributed by atoms with Crippen LogP contribution in [0.2, 0.25) is 0 Å². The number of benzene rings is 1. The van der Waals surface area contributed by atoms with Gasteiger partial charge >= 0.3 is 0 Å². The summed E-state index contributed by atoms with van der Waals surface area (Å²) in [5.41, 5.74) is 9.58. The summed E-state index contributed by atoms with van der Waals surface area (Å²) in [6.07, 6.45) is 1.22. The van der Waals surface area contributed by atoms with Gasteiger partial charge in [0.2, 0.25) is 0 Å². The van der Waals surface area contributed by atoms with Crippen LogP contribution in [0.3, 0.4) is 0 Å². The van der Waals surface area contributed by atoms with Crippen molar-refractivity contribution in [2.45, 2.75) is 46.3 Å². The lowest BCUT2D eigenvalue weighted by Gasteiger charge is -2.29. The Labute approximate surface area is 98.4 Å². The first kappa shape index (κ1) is 11.5. The lowest BCUT2D eigenvalue weighted by molar-refractivity contribution is 0.150. The summed E-state index contributed by atoms with van der Waals surface area (Å²) in [5.74, 6) is 0.719. The molecule has 1 aliphatic heterocycles. The Bertz CT molecular complexity index is 371. The van der Waals surface area contributed by atoms with E-state index in [1.165, 1.54) is 17.5 Å². The molecule has 2 nitrogen and oxygen atoms in total. The second-order valence-corrected chi connectivity index (χ2v) is 5.15. The van der Waals surface area contributed by atoms with Gasteiger partial charge in [0.15, 0.2) is 0 Å². The zero-order valence-corrected chi connectivity index (χ0v) is 10.5.